The van der Waals surface area contributed by atoms with Crippen molar-refractivity contribution in [1.82, 2.24) is 14.6 Å². The first-order chi connectivity index (χ1) is 6.91. The van der Waals surface area contributed by atoms with Crippen LogP contribution in [0.3, 0.4) is 0 Å². The number of hydrogen-bond acceptors (Lipinski definition) is 3. The van der Waals surface area contributed by atoms with Gasteiger partial charge < -0.3 is 5.73 Å². The molecule has 5 heteroatoms. The van der Waals surface area contributed by atoms with Gasteiger partial charge in [-0.1, -0.05) is 38.4 Å². The van der Waals surface area contributed by atoms with Gasteiger partial charge in [-0.2, -0.15) is 0 Å². The van der Waals surface area contributed by atoms with E-state index in [-0.39, 0.29) is 5.41 Å². The Morgan fingerprint density at radius 2 is 1.93 bits per heavy atom. The molecule has 0 unspecified atom stereocenters. The summed E-state index contributed by atoms with van der Waals surface area (Å²) in [5.41, 5.74) is 7.49. The molecule has 0 bridgehead atoms. The Bertz CT molecular complexity index is 510. The highest BCUT2D eigenvalue weighted by molar-refractivity contribution is 6.29. The van der Waals surface area contributed by atoms with Crippen LogP contribution in [-0.2, 0) is 5.41 Å². The predicted octanol–water partition coefficient (Wildman–Crippen LogP) is 2.26. The van der Waals surface area contributed by atoms with Crippen molar-refractivity contribution in [2.45, 2.75) is 26.2 Å². The lowest BCUT2D eigenvalue weighted by Crippen LogP contribution is -2.13. The minimum atomic E-state index is -0.00862. The van der Waals surface area contributed by atoms with E-state index in [0.717, 1.165) is 11.2 Å². The third-order valence-electron chi connectivity index (χ3n) is 2.34. The van der Waals surface area contributed by atoms with Crippen LogP contribution in [0.5, 0.6) is 0 Å². The first-order valence-corrected chi connectivity index (χ1v) is 5.08. The van der Waals surface area contributed by atoms with Gasteiger partial charge in [0.2, 0.25) is 5.95 Å². The summed E-state index contributed by atoms with van der Waals surface area (Å²) in [6, 6.07) is 3.78. The fourth-order valence-electron chi connectivity index (χ4n) is 1.57. The third kappa shape index (κ3) is 1.55. The highest BCUT2D eigenvalue weighted by Crippen LogP contribution is 2.28. The molecule has 2 aromatic rings. The van der Waals surface area contributed by atoms with E-state index < -0.39 is 0 Å². The number of aromatic nitrogens is 3. The standard InChI is InChI=1S/C10H13ClN4/c1-10(2,3)6-4-5-7(11)15-8(6)13-14-9(15)12/h4-5H,1-3H3,(H2,12,14). The first kappa shape index (κ1) is 10.2. The van der Waals surface area contributed by atoms with E-state index in [4.69, 9.17) is 17.3 Å². The van der Waals surface area contributed by atoms with Crippen molar-refractivity contribution in [3.05, 3.63) is 22.8 Å². The van der Waals surface area contributed by atoms with Crippen LogP contribution in [0.4, 0.5) is 5.95 Å². The highest BCUT2D eigenvalue weighted by Gasteiger charge is 2.20. The maximum absolute atomic E-state index is 6.03. The topological polar surface area (TPSA) is 56.2 Å². The van der Waals surface area contributed by atoms with Gasteiger partial charge in [0.05, 0.1) is 0 Å². The number of anilines is 1. The molecule has 2 N–H and O–H groups in total. The Balaban J connectivity index is 2.85. The van der Waals surface area contributed by atoms with Gasteiger partial charge in [0, 0.05) is 5.56 Å². The molecule has 2 heterocycles. The van der Waals surface area contributed by atoms with E-state index in [2.05, 4.69) is 31.0 Å². The fourth-order valence-corrected chi connectivity index (χ4v) is 1.80. The Morgan fingerprint density at radius 1 is 1.27 bits per heavy atom. The van der Waals surface area contributed by atoms with E-state index in [0.29, 0.717) is 11.1 Å². The van der Waals surface area contributed by atoms with Crippen LogP contribution >= 0.6 is 11.6 Å². The average molecular weight is 225 g/mol. The molecule has 0 fully saturated rings. The molecule has 15 heavy (non-hydrogen) atoms. The first-order valence-electron chi connectivity index (χ1n) is 4.71. The molecule has 80 valence electrons. The summed E-state index contributed by atoms with van der Waals surface area (Å²) in [5, 5.41) is 8.41. The number of rotatable bonds is 0. The maximum atomic E-state index is 6.03. The Morgan fingerprint density at radius 3 is 2.53 bits per heavy atom. The molecule has 0 aliphatic carbocycles. The minimum Gasteiger partial charge on any atom is -0.368 e. The van der Waals surface area contributed by atoms with E-state index in [1.165, 1.54) is 0 Å². The van der Waals surface area contributed by atoms with E-state index in [1.807, 2.05) is 12.1 Å². The third-order valence-corrected chi connectivity index (χ3v) is 2.63. The Hall–Kier alpha value is -1.29. The van der Waals surface area contributed by atoms with Crippen LogP contribution in [0, 0.1) is 0 Å². The minimum absolute atomic E-state index is 0.00862. The molecule has 2 aromatic heterocycles. The van der Waals surface area contributed by atoms with Crippen molar-refractivity contribution in [3.63, 3.8) is 0 Å². The van der Waals surface area contributed by atoms with Gasteiger partial charge in [-0.25, -0.2) is 0 Å². The second-order valence-electron chi connectivity index (χ2n) is 4.54. The summed E-state index contributed by atoms with van der Waals surface area (Å²) in [4.78, 5) is 0. The van der Waals surface area contributed by atoms with Gasteiger partial charge in [-0.05, 0) is 11.5 Å². The van der Waals surface area contributed by atoms with E-state index >= 15 is 0 Å². The molecule has 0 atom stereocenters. The lowest BCUT2D eigenvalue weighted by Gasteiger charge is -2.19. The van der Waals surface area contributed by atoms with E-state index in [1.54, 1.807) is 4.40 Å². The van der Waals surface area contributed by atoms with Crippen molar-refractivity contribution in [1.29, 1.82) is 0 Å². The number of fused-ring (bicyclic) bond motifs is 1. The summed E-state index contributed by atoms with van der Waals surface area (Å²) in [7, 11) is 0. The number of nitrogens with zero attached hydrogens (tertiary/aromatic N) is 3. The SMILES string of the molecule is CC(C)(C)c1ccc(Cl)n2c(N)nnc12. The predicted molar refractivity (Wildman–Crippen MR) is 61.1 cm³/mol. The lowest BCUT2D eigenvalue weighted by atomic mass is 9.88. The molecule has 0 saturated heterocycles. The van der Waals surface area contributed by atoms with Gasteiger partial charge in [-0.3, -0.25) is 4.40 Å². The quantitative estimate of drug-likeness (QED) is 0.699. The molecular weight excluding hydrogens is 212 g/mol. The molecule has 4 nitrogen and oxygen atoms in total. The van der Waals surface area contributed by atoms with Gasteiger partial charge in [0.1, 0.15) is 5.15 Å². The lowest BCUT2D eigenvalue weighted by molar-refractivity contribution is 0.591. The Kier molecular flexibility index (Phi) is 2.12. The monoisotopic (exact) mass is 224 g/mol. The molecule has 0 saturated carbocycles. The summed E-state index contributed by atoms with van der Waals surface area (Å²) < 4.78 is 1.65. The van der Waals surface area contributed by atoms with Crippen molar-refractivity contribution in [2.24, 2.45) is 0 Å². The zero-order valence-corrected chi connectivity index (χ0v) is 9.71. The number of nitrogens with two attached hydrogens (primary N) is 1. The van der Waals surface area contributed by atoms with Crippen molar-refractivity contribution >= 4 is 23.2 Å². The molecule has 0 aliphatic heterocycles. The van der Waals surface area contributed by atoms with Gasteiger partial charge in [0.15, 0.2) is 5.65 Å². The molecule has 0 radical (unpaired) electrons. The summed E-state index contributed by atoms with van der Waals surface area (Å²) in [6.45, 7) is 6.34. The number of pyridine rings is 1. The van der Waals surface area contributed by atoms with Crippen molar-refractivity contribution in [2.75, 3.05) is 5.73 Å². The van der Waals surface area contributed by atoms with Crippen LogP contribution in [0.2, 0.25) is 5.15 Å². The van der Waals surface area contributed by atoms with Gasteiger partial charge >= 0.3 is 0 Å². The number of nitrogen functional groups attached to an aromatic ring is 1. The maximum Gasteiger partial charge on any atom is 0.227 e. The molecule has 0 spiro atoms. The Labute approximate surface area is 93.1 Å². The normalized spacial score (nSPS) is 12.3. The molecule has 0 aliphatic rings. The fraction of sp³-hybridized carbons (Fsp3) is 0.400. The van der Waals surface area contributed by atoms with Gasteiger partial charge in [-0.15, -0.1) is 10.2 Å². The zero-order valence-electron chi connectivity index (χ0n) is 8.95. The van der Waals surface area contributed by atoms with Crippen LogP contribution in [0.1, 0.15) is 26.3 Å². The zero-order chi connectivity index (χ0) is 11.2. The van der Waals surface area contributed by atoms with Gasteiger partial charge in [0.25, 0.3) is 0 Å². The van der Waals surface area contributed by atoms with Crippen LogP contribution in [0.25, 0.3) is 5.65 Å². The summed E-state index contributed by atoms with van der Waals surface area (Å²) in [5.74, 6) is 0.320. The van der Waals surface area contributed by atoms with Crippen molar-refractivity contribution < 1.29 is 0 Å². The smallest absolute Gasteiger partial charge is 0.227 e. The summed E-state index contributed by atoms with van der Waals surface area (Å²) >= 11 is 6.03. The molecule has 2 rings (SSSR count). The molecular formula is C10H13ClN4. The largest absolute Gasteiger partial charge is 0.368 e. The highest BCUT2D eigenvalue weighted by atomic mass is 35.5. The second kappa shape index (κ2) is 3.10. The van der Waals surface area contributed by atoms with Crippen LogP contribution < -0.4 is 5.73 Å². The summed E-state index contributed by atoms with van der Waals surface area (Å²) in [6.07, 6.45) is 0. The van der Waals surface area contributed by atoms with Crippen LogP contribution in [0.15, 0.2) is 12.1 Å². The second-order valence-corrected chi connectivity index (χ2v) is 4.92. The van der Waals surface area contributed by atoms with E-state index in [9.17, 15) is 0 Å². The number of hydrogen-bond donors (Lipinski definition) is 1. The molecule has 0 amide bonds. The molecule has 0 aromatic carbocycles. The van der Waals surface area contributed by atoms with Crippen molar-refractivity contribution in [3.8, 4) is 0 Å². The number of halogens is 1. The average Bonchev–Trinajstić information content (AvgIpc) is 2.47. The van der Waals surface area contributed by atoms with Crippen LogP contribution in [-0.4, -0.2) is 14.6 Å².